The van der Waals surface area contributed by atoms with Gasteiger partial charge in [-0.2, -0.15) is 4.98 Å². The smallest absolute Gasteiger partial charge is 0.351 e. The van der Waals surface area contributed by atoms with E-state index in [1.54, 1.807) is 20.0 Å². The van der Waals surface area contributed by atoms with Crippen LogP contribution in [0.1, 0.15) is 18.7 Å². The van der Waals surface area contributed by atoms with Gasteiger partial charge >= 0.3 is 5.69 Å². The summed E-state index contributed by atoms with van der Waals surface area (Å²) in [6.07, 6.45) is -0.589. The lowest BCUT2D eigenvalue weighted by Gasteiger charge is -2.18. The topological polar surface area (TPSA) is 111 Å². The van der Waals surface area contributed by atoms with Crippen molar-refractivity contribution in [2.75, 3.05) is 12.3 Å². The number of aliphatic hydroxyl groups excluding tert-OH is 2. The van der Waals surface area contributed by atoms with Crippen LogP contribution in [0.4, 0.5) is 5.82 Å². The van der Waals surface area contributed by atoms with Crippen LogP contribution in [0.2, 0.25) is 0 Å². The van der Waals surface area contributed by atoms with Crippen molar-refractivity contribution in [2.24, 2.45) is 5.92 Å². The van der Waals surface area contributed by atoms with Crippen molar-refractivity contribution in [2.45, 2.75) is 32.3 Å². The summed E-state index contributed by atoms with van der Waals surface area (Å²) in [5.41, 5.74) is 5.68. The number of rotatable bonds is 2. The molecule has 1 saturated heterocycles. The Morgan fingerprint density at radius 2 is 2.28 bits per heavy atom. The monoisotopic (exact) mass is 255 g/mol. The molecule has 0 amide bonds. The number of aliphatic hydroxyl groups is 2. The zero-order valence-corrected chi connectivity index (χ0v) is 10.3. The first kappa shape index (κ1) is 13.0. The normalized spacial score (nSPS) is 31.8. The van der Waals surface area contributed by atoms with E-state index in [0.29, 0.717) is 5.56 Å². The van der Waals surface area contributed by atoms with Crippen molar-refractivity contribution >= 4 is 5.82 Å². The van der Waals surface area contributed by atoms with Gasteiger partial charge in [-0.25, -0.2) is 4.79 Å². The van der Waals surface area contributed by atoms with E-state index >= 15 is 0 Å². The summed E-state index contributed by atoms with van der Waals surface area (Å²) in [5, 5.41) is 18.9. The molecule has 2 rings (SSSR count). The van der Waals surface area contributed by atoms with Crippen LogP contribution in [0.15, 0.2) is 11.0 Å². The maximum atomic E-state index is 11.8. The molecular weight excluding hydrogens is 238 g/mol. The molecule has 1 fully saturated rings. The summed E-state index contributed by atoms with van der Waals surface area (Å²) in [6.45, 7) is 3.19. The van der Waals surface area contributed by atoms with Gasteiger partial charge in [0.1, 0.15) is 18.1 Å². The average Bonchev–Trinajstić information content (AvgIpc) is 2.61. The standard InChI is InChI=1S/C11H17N3O4/c1-5-3-14(11(17)13-9(5)12)10-6(2)8(16)7(4-15)18-10/h3,6-8,10,15-16H,4H2,1-2H3,(H2,12,13,17)/t6?,7?,8?,10-/m0/s1. The van der Waals surface area contributed by atoms with Crippen LogP contribution in [-0.2, 0) is 4.74 Å². The van der Waals surface area contributed by atoms with Gasteiger partial charge in [0.2, 0.25) is 0 Å². The van der Waals surface area contributed by atoms with Gasteiger partial charge in [0, 0.05) is 17.7 Å². The minimum Gasteiger partial charge on any atom is -0.394 e. The average molecular weight is 255 g/mol. The Kier molecular flexibility index (Phi) is 3.38. The number of anilines is 1. The summed E-state index contributed by atoms with van der Waals surface area (Å²) >= 11 is 0. The predicted octanol–water partition coefficient (Wildman–Crippen LogP) is -0.979. The Morgan fingerprint density at radius 1 is 1.61 bits per heavy atom. The fourth-order valence-electron chi connectivity index (χ4n) is 2.12. The molecule has 100 valence electrons. The first-order chi connectivity index (χ1) is 8.45. The quantitative estimate of drug-likeness (QED) is 0.626. The molecule has 2 heterocycles. The molecule has 0 spiro atoms. The second kappa shape index (κ2) is 4.68. The number of ether oxygens (including phenoxy) is 1. The largest absolute Gasteiger partial charge is 0.394 e. The Balaban J connectivity index is 2.39. The van der Waals surface area contributed by atoms with Gasteiger partial charge in [-0.3, -0.25) is 4.57 Å². The van der Waals surface area contributed by atoms with Crippen molar-refractivity contribution < 1.29 is 14.9 Å². The molecule has 18 heavy (non-hydrogen) atoms. The molecule has 1 aliphatic rings. The Hall–Kier alpha value is -1.44. The first-order valence-electron chi connectivity index (χ1n) is 5.75. The van der Waals surface area contributed by atoms with Gasteiger partial charge in [-0.05, 0) is 6.92 Å². The van der Waals surface area contributed by atoms with Gasteiger partial charge in [-0.1, -0.05) is 6.92 Å². The molecule has 4 atom stereocenters. The van der Waals surface area contributed by atoms with Crippen molar-refractivity contribution in [3.05, 3.63) is 22.2 Å². The Morgan fingerprint density at radius 3 is 2.83 bits per heavy atom. The molecular formula is C11H17N3O4. The molecule has 4 N–H and O–H groups in total. The Bertz CT molecular complexity index is 502. The van der Waals surface area contributed by atoms with Gasteiger partial charge in [0.25, 0.3) is 0 Å². The van der Waals surface area contributed by atoms with Gasteiger partial charge in [0.15, 0.2) is 0 Å². The van der Waals surface area contributed by atoms with Crippen molar-refractivity contribution in [3.63, 3.8) is 0 Å². The summed E-state index contributed by atoms with van der Waals surface area (Å²) in [4.78, 5) is 15.5. The van der Waals surface area contributed by atoms with E-state index in [9.17, 15) is 9.90 Å². The molecule has 1 aromatic rings. The molecule has 7 nitrogen and oxygen atoms in total. The lowest BCUT2D eigenvalue weighted by Crippen LogP contribution is -2.31. The fourth-order valence-corrected chi connectivity index (χ4v) is 2.12. The summed E-state index contributed by atoms with van der Waals surface area (Å²) in [6, 6.07) is 0. The van der Waals surface area contributed by atoms with Crippen LogP contribution >= 0.6 is 0 Å². The third kappa shape index (κ3) is 2.00. The van der Waals surface area contributed by atoms with Crippen LogP contribution < -0.4 is 11.4 Å². The number of aryl methyl sites for hydroxylation is 1. The van der Waals surface area contributed by atoms with Crippen molar-refractivity contribution in [1.82, 2.24) is 9.55 Å². The van der Waals surface area contributed by atoms with Crippen LogP contribution in [0, 0.1) is 12.8 Å². The van der Waals surface area contributed by atoms with E-state index in [1.807, 2.05) is 0 Å². The van der Waals surface area contributed by atoms with Crippen molar-refractivity contribution in [3.8, 4) is 0 Å². The second-order valence-electron chi connectivity index (χ2n) is 4.60. The number of nitrogens with two attached hydrogens (primary N) is 1. The summed E-state index contributed by atoms with van der Waals surface area (Å²) in [5.74, 6) is -0.133. The van der Waals surface area contributed by atoms with Crippen LogP contribution in [0.3, 0.4) is 0 Å². The highest BCUT2D eigenvalue weighted by atomic mass is 16.5. The van der Waals surface area contributed by atoms with Crippen molar-refractivity contribution in [1.29, 1.82) is 0 Å². The minimum absolute atomic E-state index is 0.182. The molecule has 0 aliphatic carbocycles. The molecule has 3 unspecified atom stereocenters. The molecule has 0 radical (unpaired) electrons. The highest BCUT2D eigenvalue weighted by Gasteiger charge is 2.41. The zero-order valence-electron chi connectivity index (χ0n) is 10.3. The number of hydrogen-bond donors (Lipinski definition) is 3. The summed E-state index contributed by atoms with van der Waals surface area (Å²) < 4.78 is 6.78. The number of aromatic nitrogens is 2. The van der Waals surface area contributed by atoms with Gasteiger partial charge in [-0.15, -0.1) is 0 Å². The maximum absolute atomic E-state index is 11.8. The fraction of sp³-hybridized carbons (Fsp3) is 0.636. The lowest BCUT2D eigenvalue weighted by molar-refractivity contribution is -0.0476. The number of nitrogens with zero attached hydrogens (tertiary/aromatic N) is 2. The highest BCUT2D eigenvalue weighted by Crippen LogP contribution is 2.33. The maximum Gasteiger partial charge on any atom is 0.351 e. The van der Waals surface area contributed by atoms with Crippen LogP contribution in [0.5, 0.6) is 0 Å². The first-order valence-corrected chi connectivity index (χ1v) is 5.75. The number of hydrogen-bond acceptors (Lipinski definition) is 6. The van der Waals surface area contributed by atoms with E-state index in [4.69, 9.17) is 15.6 Å². The van der Waals surface area contributed by atoms with Crippen LogP contribution in [-0.4, -0.2) is 38.6 Å². The van der Waals surface area contributed by atoms with Crippen LogP contribution in [0.25, 0.3) is 0 Å². The van der Waals surface area contributed by atoms with E-state index in [0.717, 1.165) is 0 Å². The zero-order chi connectivity index (χ0) is 13.4. The molecule has 7 heteroatoms. The molecule has 1 aromatic heterocycles. The minimum atomic E-state index is -0.815. The molecule has 0 aromatic carbocycles. The van der Waals surface area contributed by atoms with E-state index in [2.05, 4.69) is 4.98 Å². The Labute approximate surface area is 104 Å². The van der Waals surface area contributed by atoms with E-state index in [-0.39, 0.29) is 18.3 Å². The highest BCUT2D eigenvalue weighted by molar-refractivity contribution is 5.35. The SMILES string of the molecule is Cc1cn([C@H]2OC(CO)C(O)C2C)c(=O)nc1N. The van der Waals surface area contributed by atoms with Gasteiger partial charge < -0.3 is 20.7 Å². The predicted molar refractivity (Wildman–Crippen MR) is 63.8 cm³/mol. The lowest BCUT2D eigenvalue weighted by atomic mass is 10.0. The van der Waals surface area contributed by atoms with Gasteiger partial charge in [0.05, 0.1) is 12.7 Å². The summed E-state index contributed by atoms with van der Waals surface area (Å²) in [7, 11) is 0. The van der Waals surface area contributed by atoms with E-state index in [1.165, 1.54) is 4.57 Å². The molecule has 0 bridgehead atoms. The second-order valence-corrected chi connectivity index (χ2v) is 4.60. The van der Waals surface area contributed by atoms with E-state index < -0.39 is 24.1 Å². The third-order valence-corrected chi connectivity index (χ3v) is 3.31. The number of nitrogen functional groups attached to an aromatic ring is 1. The molecule has 1 aliphatic heterocycles. The third-order valence-electron chi connectivity index (χ3n) is 3.31. The molecule has 0 saturated carbocycles.